The van der Waals surface area contributed by atoms with Gasteiger partial charge in [-0.1, -0.05) is 11.6 Å². The molecule has 0 atom stereocenters. The molecule has 2 aliphatic heterocycles. The zero-order valence-electron chi connectivity index (χ0n) is 11.9. The number of benzene rings is 1. The average molecular weight is 311 g/mol. The number of halogens is 1. The molecule has 0 saturated carbocycles. The number of ether oxygens (including phenoxy) is 1. The third kappa shape index (κ3) is 2.94. The van der Waals surface area contributed by atoms with Crippen LogP contribution in [-0.2, 0) is 0 Å². The Morgan fingerprint density at radius 3 is 2.57 bits per heavy atom. The van der Waals surface area contributed by atoms with Gasteiger partial charge in [0, 0.05) is 44.1 Å². The highest BCUT2D eigenvalue weighted by Crippen LogP contribution is 2.30. The maximum absolute atomic E-state index is 9.71. The van der Waals surface area contributed by atoms with Gasteiger partial charge in [-0.3, -0.25) is 5.21 Å². The molecule has 1 N–H and O–H groups in total. The van der Waals surface area contributed by atoms with Crippen LogP contribution in [-0.4, -0.2) is 60.3 Å². The summed E-state index contributed by atoms with van der Waals surface area (Å²) < 4.78 is 5.27. The maximum Gasteiger partial charge on any atom is 0.139 e. The first kappa shape index (κ1) is 14.5. The van der Waals surface area contributed by atoms with E-state index in [4.69, 9.17) is 16.3 Å². The van der Waals surface area contributed by atoms with Gasteiger partial charge in [-0.15, -0.1) is 5.12 Å². The zero-order chi connectivity index (χ0) is 14.8. The Morgan fingerprint density at radius 2 is 1.95 bits per heavy atom. The molecule has 0 aromatic heterocycles. The molecule has 0 aliphatic carbocycles. The summed E-state index contributed by atoms with van der Waals surface area (Å²) in [5.41, 5.74) is 1.11. The molecule has 0 bridgehead atoms. The minimum Gasteiger partial charge on any atom is -0.495 e. The molecular formula is C14H19ClN4O2. The molecule has 7 heteroatoms. The number of rotatable bonds is 3. The third-order valence-electron chi connectivity index (χ3n) is 3.83. The van der Waals surface area contributed by atoms with E-state index in [1.165, 1.54) is 0 Å². The first-order valence-corrected chi connectivity index (χ1v) is 7.32. The smallest absolute Gasteiger partial charge is 0.139 e. The third-order valence-corrected chi connectivity index (χ3v) is 4.14. The van der Waals surface area contributed by atoms with Gasteiger partial charge >= 0.3 is 0 Å². The van der Waals surface area contributed by atoms with Gasteiger partial charge in [-0.2, -0.15) is 5.17 Å². The van der Waals surface area contributed by atoms with Gasteiger partial charge in [0.05, 0.1) is 18.7 Å². The summed E-state index contributed by atoms with van der Waals surface area (Å²) in [5, 5.41) is 15.4. The molecule has 1 aromatic carbocycles. The second kappa shape index (κ2) is 6.11. The lowest BCUT2D eigenvalue weighted by atomic mass is 10.2. The van der Waals surface area contributed by atoms with Crippen LogP contribution in [0.15, 0.2) is 30.5 Å². The highest BCUT2D eigenvalue weighted by molar-refractivity contribution is 6.32. The van der Waals surface area contributed by atoms with Crippen LogP contribution in [0.1, 0.15) is 0 Å². The van der Waals surface area contributed by atoms with Crippen LogP contribution in [0.3, 0.4) is 0 Å². The van der Waals surface area contributed by atoms with Gasteiger partial charge in [0.1, 0.15) is 5.75 Å². The summed E-state index contributed by atoms with van der Waals surface area (Å²) in [6.07, 6.45) is 3.59. The fraction of sp³-hybridized carbons (Fsp3) is 0.429. The van der Waals surface area contributed by atoms with Crippen molar-refractivity contribution in [3.63, 3.8) is 0 Å². The fourth-order valence-corrected chi connectivity index (χ4v) is 2.87. The number of methoxy groups -OCH3 is 1. The lowest BCUT2D eigenvalue weighted by molar-refractivity contribution is -0.281. The van der Waals surface area contributed by atoms with E-state index in [9.17, 15) is 5.21 Å². The molecule has 2 aliphatic rings. The number of nitrogens with zero attached hydrogens (tertiary/aromatic N) is 4. The van der Waals surface area contributed by atoms with Gasteiger partial charge in [0.15, 0.2) is 0 Å². The Hall–Kier alpha value is -1.47. The Morgan fingerprint density at radius 1 is 1.19 bits per heavy atom. The molecule has 0 unspecified atom stereocenters. The van der Waals surface area contributed by atoms with Crippen LogP contribution in [0.5, 0.6) is 5.75 Å². The van der Waals surface area contributed by atoms with E-state index in [0.717, 1.165) is 37.0 Å². The SMILES string of the molecule is COc1cc(N2CCN(N3CC=CN3O)CC2)ccc1Cl. The van der Waals surface area contributed by atoms with Crippen molar-refractivity contribution < 1.29 is 9.94 Å². The van der Waals surface area contributed by atoms with Crippen molar-refractivity contribution >= 4 is 17.3 Å². The maximum atomic E-state index is 9.71. The molecule has 6 nitrogen and oxygen atoms in total. The van der Waals surface area contributed by atoms with E-state index in [0.29, 0.717) is 17.3 Å². The van der Waals surface area contributed by atoms with Crippen molar-refractivity contribution in [3.05, 3.63) is 35.5 Å². The van der Waals surface area contributed by atoms with Crippen LogP contribution in [0.4, 0.5) is 5.69 Å². The largest absolute Gasteiger partial charge is 0.495 e. The Bertz CT molecular complexity index is 532. The molecule has 21 heavy (non-hydrogen) atoms. The van der Waals surface area contributed by atoms with Crippen molar-refractivity contribution in [3.8, 4) is 5.75 Å². The molecule has 0 radical (unpaired) electrons. The molecular weight excluding hydrogens is 292 g/mol. The number of anilines is 1. The lowest BCUT2D eigenvalue weighted by Gasteiger charge is -2.41. The van der Waals surface area contributed by atoms with Crippen LogP contribution < -0.4 is 9.64 Å². The van der Waals surface area contributed by atoms with Crippen molar-refractivity contribution in [2.24, 2.45) is 0 Å². The lowest BCUT2D eigenvalue weighted by Crippen LogP contribution is -2.56. The van der Waals surface area contributed by atoms with Gasteiger partial charge in [0.2, 0.25) is 0 Å². The number of hydrogen-bond donors (Lipinski definition) is 1. The van der Waals surface area contributed by atoms with E-state index < -0.39 is 0 Å². The summed E-state index contributed by atoms with van der Waals surface area (Å²) in [5.74, 6) is 0.696. The van der Waals surface area contributed by atoms with Crippen molar-refractivity contribution in [1.29, 1.82) is 0 Å². The average Bonchev–Trinajstić information content (AvgIpc) is 2.94. The highest BCUT2D eigenvalue weighted by Gasteiger charge is 2.26. The minimum absolute atomic E-state index is 0.624. The van der Waals surface area contributed by atoms with Crippen molar-refractivity contribution in [1.82, 2.24) is 15.3 Å². The quantitative estimate of drug-likeness (QED) is 0.918. The molecule has 1 aromatic rings. The first-order chi connectivity index (χ1) is 10.2. The summed E-state index contributed by atoms with van der Waals surface area (Å²) in [6.45, 7) is 4.18. The minimum atomic E-state index is 0.624. The molecule has 114 valence electrons. The standard InChI is InChI=1S/C14H19ClN4O2/c1-21-14-11-12(3-4-13(14)15)16-7-9-17(10-8-16)18-5-2-6-19(18)20/h2-4,6,11,20H,5,7-10H2,1H3. The number of piperazine rings is 1. The van der Waals surface area contributed by atoms with Gasteiger partial charge in [-0.25, -0.2) is 5.01 Å². The number of hydroxylamine groups is 1. The molecule has 2 heterocycles. The number of hydrogen-bond acceptors (Lipinski definition) is 6. The Kier molecular flexibility index (Phi) is 4.21. The first-order valence-electron chi connectivity index (χ1n) is 6.94. The summed E-state index contributed by atoms with van der Waals surface area (Å²) in [6, 6.07) is 5.84. The van der Waals surface area contributed by atoms with Crippen LogP contribution in [0.2, 0.25) is 5.02 Å². The van der Waals surface area contributed by atoms with E-state index in [2.05, 4.69) is 9.91 Å². The topological polar surface area (TPSA) is 42.4 Å². The van der Waals surface area contributed by atoms with E-state index in [1.54, 1.807) is 13.3 Å². The van der Waals surface area contributed by atoms with Crippen LogP contribution in [0.25, 0.3) is 0 Å². The van der Waals surface area contributed by atoms with Gasteiger partial charge in [0.25, 0.3) is 0 Å². The summed E-state index contributed by atoms with van der Waals surface area (Å²) >= 11 is 6.06. The predicted octanol–water partition coefficient (Wildman–Crippen LogP) is 1.82. The van der Waals surface area contributed by atoms with Crippen LogP contribution >= 0.6 is 11.6 Å². The van der Waals surface area contributed by atoms with Crippen molar-refractivity contribution in [2.45, 2.75) is 0 Å². The van der Waals surface area contributed by atoms with E-state index in [1.807, 2.05) is 29.4 Å². The predicted molar refractivity (Wildman–Crippen MR) is 81.3 cm³/mol. The molecule has 1 saturated heterocycles. The second-order valence-electron chi connectivity index (χ2n) is 5.02. The second-order valence-corrected chi connectivity index (χ2v) is 5.43. The molecule has 0 amide bonds. The van der Waals surface area contributed by atoms with Crippen LogP contribution in [0, 0.1) is 0 Å². The highest BCUT2D eigenvalue weighted by atomic mass is 35.5. The number of hydrazine groups is 2. The summed E-state index contributed by atoms with van der Waals surface area (Å²) in [4.78, 5) is 2.29. The Balaban J connectivity index is 1.63. The normalized spacial score (nSPS) is 20.3. The van der Waals surface area contributed by atoms with Gasteiger partial charge < -0.3 is 9.64 Å². The molecule has 0 spiro atoms. The monoisotopic (exact) mass is 310 g/mol. The van der Waals surface area contributed by atoms with Crippen molar-refractivity contribution in [2.75, 3.05) is 44.7 Å². The molecule has 3 rings (SSSR count). The van der Waals surface area contributed by atoms with E-state index >= 15 is 0 Å². The zero-order valence-corrected chi connectivity index (χ0v) is 12.7. The Labute approximate surface area is 129 Å². The van der Waals surface area contributed by atoms with E-state index in [-0.39, 0.29) is 0 Å². The summed E-state index contributed by atoms with van der Waals surface area (Å²) in [7, 11) is 1.62. The fourth-order valence-electron chi connectivity index (χ4n) is 2.67. The van der Waals surface area contributed by atoms with Gasteiger partial charge in [-0.05, 0) is 18.2 Å². The molecule has 1 fully saturated rings.